The molecule has 4 rings (SSSR count). The van der Waals surface area contributed by atoms with Crippen LogP contribution in [0.15, 0.2) is 21.9 Å². The fourth-order valence-electron chi connectivity index (χ4n) is 5.49. The van der Waals surface area contributed by atoms with Crippen molar-refractivity contribution >= 4 is 21.6 Å². The molecular formula is C25H41N3O23P2. The second-order valence-electron chi connectivity index (χ2n) is 11.8. The first-order chi connectivity index (χ1) is 24.8. The Morgan fingerprint density at radius 3 is 2.15 bits per heavy atom. The van der Waals surface area contributed by atoms with Crippen LogP contribution in [-0.2, 0) is 55.7 Å². The number of ether oxygens (including phenoxy) is 6. The summed E-state index contributed by atoms with van der Waals surface area (Å²) in [7, 11) is -10.1. The Hall–Kier alpha value is -2.11. The summed E-state index contributed by atoms with van der Waals surface area (Å²) in [5.41, 5.74) is -1.80. The van der Waals surface area contributed by atoms with Crippen LogP contribution in [0.2, 0.25) is 0 Å². The van der Waals surface area contributed by atoms with E-state index in [0.717, 1.165) is 12.3 Å². The van der Waals surface area contributed by atoms with Gasteiger partial charge in [0.05, 0.1) is 19.8 Å². The van der Waals surface area contributed by atoms with E-state index in [4.69, 9.17) is 28.4 Å². The van der Waals surface area contributed by atoms with E-state index in [1.807, 2.05) is 4.98 Å². The summed E-state index contributed by atoms with van der Waals surface area (Å²) in [6, 6.07) is -0.182. The number of hydrogen-bond donors (Lipinski definition) is 11. The number of hydrogen-bond acceptors (Lipinski definition) is 21. The van der Waals surface area contributed by atoms with Gasteiger partial charge < -0.3 is 79.3 Å². The molecule has 16 atom stereocenters. The highest BCUT2D eigenvalue weighted by Crippen LogP contribution is 2.61. The third-order valence-corrected chi connectivity index (χ3v) is 10.7. The molecule has 4 heterocycles. The first kappa shape index (κ1) is 43.6. The molecule has 3 aliphatic rings. The van der Waals surface area contributed by atoms with Crippen LogP contribution in [0, 0.1) is 0 Å². The van der Waals surface area contributed by atoms with Crippen molar-refractivity contribution in [2.75, 3.05) is 33.7 Å². The molecule has 1 aromatic rings. The number of phosphoric acid groups is 2. The highest BCUT2D eigenvalue weighted by atomic mass is 31.3. The minimum absolute atomic E-state index is 0.547. The molecule has 1 amide bonds. The minimum Gasteiger partial charge on any atom is -0.394 e. The number of aromatic amines is 1. The topological polar surface area (TPSA) is 383 Å². The number of aliphatic hydroxyl groups is 7. The third kappa shape index (κ3) is 10.8. The SMILES string of the molecule is CO[C@@H]1O[C@H](CO)[C@@H](O)[C@H](OCOC[C@H]2O[C@H](OP(=O)(O)OP(=O)(O)OC[C@H]3O[C@@H](n4ccc(=O)[nH]c4=O)[C@H](O)[C@@H]3O)[C@H](O)[C@@H](O)[C@H]2O)[C@H]1NC(C)=O. The Kier molecular flexibility index (Phi) is 15.0. The number of nitrogens with one attached hydrogen (secondary N) is 2. The van der Waals surface area contributed by atoms with E-state index in [1.165, 1.54) is 14.0 Å². The van der Waals surface area contributed by atoms with Crippen LogP contribution in [0.1, 0.15) is 13.2 Å². The summed E-state index contributed by atoms with van der Waals surface area (Å²) in [5, 5.41) is 74.3. The lowest BCUT2D eigenvalue weighted by Crippen LogP contribution is -2.65. The van der Waals surface area contributed by atoms with Crippen LogP contribution in [0.25, 0.3) is 0 Å². The van der Waals surface area contributed by atoms with Crippen LogP contribution in [0.4, 0.5) is 0 Å². The zero-order valence-electron chi connectivity index (χ0n) is 27.6. The Balaban J connectivity index is 1.32. The Labute approximate surface area is 297 Å². The number of nitrogens with zero attached hydrogens (tertiary/aromatic N) is 1. The average Bonchev–Trinajstić information content (AvgIpc) is 3.35. The van der Waals surface area contributed by atoms with E-state index in [9.17, 15) is 69.0 Å². The van der Waals surface area contributed by atoms with Crippen molar-refractivity contribution < 1.29 is 101 Å². The normalized spacial score (nSPS) is 38.5. The molecule has 3 fully saturated rings. The maximum absolute atomic E-state index is 12.7. The Morgan fingerprint density at radius 1 is 0.887 bits per heavy atom. The number of rotatable bonds is 16. The number of aromatic nitrogens is 2. The standard InChI is InChI=1S/C25H41N3O23P2/c1-9(30)26-14-21(17(34)10(5-29)48-23(14)43-2)45-8-44-6-11-15(32)18(35)20(37)24(49-11)50-53(41,42)51-52(39,40)46-7-12-16(33)19(36)22(47-12)28-4-3-13(31)27-25(28)38/h3-4,10-12,14-24,29,32-37H,5-8H2,1-2H3,(H,26,30)(H,39,40)(H,41,42)(H,27,31,38)/t10-,11-,12-,14-,15+,16-,17-,18+,19-,20-,21-,22-,23-,24-/m1/s1. The summed E-state index contributed by atoms with van der Waals surface area (Å²) in [6.45, 7) is -1.95. The van der Waals surface area contributed by atoms with Gasteiger partial charge in [0, 0.05) is 26.3 Å². The van der Waals surface area contributed by atoms with Gasteiger partial charge in [-0.1, -0.05) is 0 Å². The second-order valence-corrected chi connectivity index (χ2v) is 14.8. The molecule has 0 aliphatic carbocycles. The maximum atomic E-state index is 12.7. The van der Waals surface area contributed by atoms with Crippen molar-refractivity contribution in [1.29, 1.82) is 0 Å². The highest BCUT2D eigenvalue weighted by Gasteiger charge is 2.50. The molecule has 1 aromatic heterocycles. The van der Waals surface area contributed by atoms with Gasteiger partial charge in [-0.05, 0) is 0 Å². The minimum atomic E-state index is -5.77. The molecule has 2 unspecified atom stereocenters. The van der Waals surface area contributed by atoms with Gasteiger partial charge in [-0.25, -0.2) is 13.9 Å². The van der Waals surface area contributed by atoms with Gasteiger partial charge >= 0.3 is 21.3 Å². The molecule has 0 spiro atoms. The Bertz CT molecular complexity index is 1600. The van der Waals surface area contributed by atoms with Crippen molar-refractivity contribution in [1.82, 2.24) is 14.9 Å². The summed E-state index contributed by atoms with van der Waals surface area (Å²) in [4.78, 5) is 57.2. The predicted molar refractivity (Wildman–Crippen MR) is 164 cm³/mol. The Morgan fingerprint density at radius 2 is 1.53 bits per heavy atom. The summed E-state index contributed by atoms with van der Waals surface area (Å²) >= 11 is 0. The number of carbonyl (C=O) groups is 1. The van der Waals surface area contributed by atoms with Gasteiger partial charge in [0.25, 0.3) is 5.56 Å². The van der Waals surface area contributed by atoms with Gasteiger partial charge in [0.1, 0.15) is 73.9 Å². The molecule has 3 saturated heterocycles. The number of methoxy groups -OCH3 is 1. The average molecular weight is 814 g/mol. The van der Waals surface area contributed by atoms with E-state index < -0.39 is 145 Å². The van der Waals surface area contributed by atoms with Crippen LogP contribution in [0.3, 0.4) is 0 Å². The molecule has 0 saturated carbocycles. The lowest BCUT2D eigenvalue weighted by atomic mass is 9.96. The number of amides is 1. The largest absolute Gasteiger partial charge is 0.483 e. The van der Waals surface area contributed by atoms with Gasteiger partial charge in [0.2, 0.25) is 5.91 Å². The molecule has 28 heteroatoms. The highest BCUT2D eigenvalue weighted by molar-refractivity contribution is 7.61. The number of H-pyrrole nitrogens is 1. The molecular weight excluding hydrogens is 772 g/mol. The van der Waals surface area contributed by atoms with Crippen molar-refractivity contribution in [2.24, 2.45) is 0 Å². The number of aliphatic hydroxyl groups excluding tert-OH is 7. The molecule has 26 nitrogen and oxygen atoms in total. The zero-order chi connectivity index (χ0) is 39.4. The quantitative estimate of drug-likeness (QED) is 0.0420. The van der Waals surface area contributed by atoms with Crippen LogP contribution >= 0.6 is 15.6 Å². The van der Waals surface area contributed by atoms with Gasteiger partial charge in [-0.15, -0.1) is 0 Å². The monoisotopic (exact) mass is 813 g/mol. The van der Waals surface area contributed by atoms with Gasteiger partial charge in [-0.2, -0.15) is 4.31 Å². The van der Waals surface area contributed by atoms with E-state index >= 15 is 0 Å². The van der Waals surface area contributed by atoms with Crippen LogP contribution in [0.5, 0.6) is 0 Å². The molecule has 0 aromatic carbocycles. The van der Waals surface area contributed by atoms with Crippen LogP contribution in [-0.4, -0.2) is 174 Å². The van der Waals surface area contributed by atoms with Crippen LogP contribution < -0.4 is 16.6 Å². The predicted octanol–water partition coefficient (Wildman–Crippen LogP) is -6.20. The number of carbonyl (C=O) groups excluding carboxylic acids is 1. The molecule has 304 valence electrons. The van der Waals surface area contributed by atoms with E-state index in [2.05, 4.69) is 18.7 Å². The molecule has 0 radical (unpaired) electrons. The van der Waals surface area contributed by atoms with Gasteiger partial charge in [0.15, 0.2) is 18.8 Å². The van der Waals surface area contributed by atoms with Crippen molar-refractivity contribution in [2.45, 2.75) is 92.8 Å². The summed E-state index contributed by atoms with van der Waals surface area (Å²) in [6.07, 6.45) is -21.3. The van der Waals surface area contributed by atoms with E-state index in [1.54, 1.807) is 0 Å². The van der Waals surface area contributed by atoms with Crippen molar-refractivity contribution in [3.63, 3.8) is 0 Å². The number of phosphoric ester groups is 2. The molecule has 3 aliphatic heterocycles. The lowest BCUT2D eigenvalue weighted by Gasteiger charge is -2.43. The van der Waals surface area contributed by atoms with Crippen molar-refractivity contribution in [3.05, 3.63) is 33.1 Å². The summed E-state index contributed by atoms with van der Waals surface area (Å²) in [5.74, 6) is -0.547. The van der Waals surface area contributed by atoms with Crippen molar-refractivity contribution in [3.8, 4) is 0 Å². The molecule has 53 heavy (non-hydrogen) atoms. The van der Waals surface area contributed by atoms with E-state index in [0.29, 0.717) is 4.57 Å². The van der Waals surface area contributed by atoms with E-state index in [-0.39, 0.29) is 0 Å². The smallest absolute Gasteiger partial charge is 0.394 e. The first-order valence-corrected chi connectivity index (χ1v) is 18.4. The fourth-order valence-corrected chi connectivity index (χ4v) is 7.64. The molecule has 11 N–H and O–H groups in total. The summed E-state index contributed by atoms with van der Waals surface area (Å²) < 4.78 is 71.2. The fraction of sp³-hybridized carbons (Fsp3) is 0.800. The second kappa shape index (κ2) is 18.2. The zero-order valence-corrected chi connectivity index (χ0v) is 29.4. The lowest BCUT2D eigenvalue weighted by molar-refractivity contribution is -0.295. The molecule has 0 bridgehead atoms. The van der Waals surface area contributed by atoms with Gasteiger partial charge in [-0.3, -0.25) is 28.2 Å². The maximum Gasteiger partial charge on any atom is 0.483 e. The third-order valence-electron chi connectivity index (χ3n) is 8.06. The first-order valence-electron chi connectivity index (χ1n) is 15.4.